The van der Waals surface area contributed by atoms with Gasteiger partial charge in [0.15, 0.2) is 22.8 Å². The van der Waals surface area contributed by atoms with Gasteiger partial charge in [0, 0.05) is 13.3 Å². The summed E-state index contributed by atoms with van der Waals surface area (Å²) in [6, 6.07) is 2.43. The van der Waals surface area contributed by atoms with Gasteiger partial charge in [-0.25, -0.2) is 0 Å². The number of phenols is 1. The fourth-order valence-electron chi connectivity index (χ4n) is 4.57. The summed E-state index contributed by atoms with van der Waals surface area (Å²) in [7, 11) is -2.32. The highest BCUT2D eigenvalue weighted by Gasteiger charge is 2.45. The molecule has 2 atom stereocenters. The van der Waals surface area contributed by atoms with Crippen molar-refractivity contribution in [2.24, 2.45) is 0 Å². The fourth-order valence-corrected chi connectivity index (χ4v) is 4.92. The lowest BCUT2D eigenvalue weighted by Crippen LogP contribution is -2.43. The maximum atomic E-state index is 13.6. The highest BCUT2D eigenvalue weighted by Crippen LogP contribution is 2.56. The van der Waals surface area contributed by atoms with Crippen LogP contribution in [0.15, 0.2) is 21.3 Å². The predicted molar refractivity (Wildman–Crippen MR) is 114 cm³/mol. The number of methoxy groups -OCH3 is 2. The molecule has 2 aliphatic rings. The van der Waals surface area contributed by atoms with Crippen LogP contribution in [0.4, 0.5) is 0 Å². The number of benzene rings is 2. The minimum atomic E-state index is -4.90. The normalized spacial score (nSPS) is 22.0. The molecular weight excluding hydrogens is 460 g/mol. The summed E-state index contributed by atoms with van der Waals surface area (Å²) in [6.07, 6.45) is 1.50. The minimum absolute atomic E-state index is 0.00292. The second kappa shape index (κ2) is 7.14. The lowest BCUT2D eigenvalue weighted by Gasteiger charge is -2.44. The van der Waals surface area contributed by atoms with Crippen LogP contribution in [-0.2, 0) is 15.1 Å². The molecule has 0 spiro atoms. The summed E-state index contributed by atoms with van der Waals surface area (Å²) in [4.78, 5) is 13.6. The Morgan fingerprint density at radius 2 is 1.88 bits per heavy atom. The van der Waals surface area contributed by atoms with Gasteiger partial charge in [0.2, 0.25) is 17.0 Å². The van der Waals surface area contributed by atoms with E-state index in [1.807, 2.05) is 0 Å². The average Bonchev–Trinajstić information content (AvgIpc) is 2.72. The summed E-state index contributed by atoms with van der Waals surface area (Å²) >= 11 is 0. The molecule has 176 valence electrons. The molecule has 3 heterocycles. The van der Waals surface area contributed by atoms with E-state index in [0.29, 0.717) is 12.8 Å². The molecule has 1 saturated heterocycles. The molecule has 11 nitrogen and oxygen atoms in total. The summed E-state index contributed by atoms with van der Waals surface area (Å²) in [6.45, 7) is 1.79. The smallest absolute Gasteiger partial charge is 0.446 e. The number of aromatic hydroxyl groups is 1. The molecule has 2 bridgehead atoms. The Morgan fingerprint density at radius 1 is 1.15 bits per heavy atom. The molecule has 0 saturated carbocycles. The number of rotatable bonds is 4. The van der Waals surface area contributed by atoms with E-state index < -0.39 is 39.2 Å². The van der Waals surface area contributed by atoms with Gasteiger partial charge in [-0.3, -0.25) is 9.35 Å². The second-order valence-electron chi connectivity index (χ2n) is 7.98. The third kappa shape index (κ3) is 3.24. The van der Waals surface area contributed by atoms with E-state index in [0.717, 1.165) is 12.5 Å². The highest BCUT2D eigenvalue weighted by molar-refractivity contribution is 7.81. The van der Waals surface area contributed by atoms with Gasteiger partial charge in [0.05, 0.1) is 25.9 Å². The van der Waals surface area contributed by atoms with Gasteiger partial charge in [-0.05, 0) is 25.0 Å². The molecular formula is C21H20O11S. The van der Waals surface area contributed by atoms with Crippen LogP contribution in [0.1, 0.15) is 37.9 Å². The summed E-state index contributed by atoms with van der Waals surface area (Å²) in [5.74, 6) is -1.68. The van der Waals surface area contributed by atoms with E-state index in [-0.39, 0.29) is 44.8 Å². The maximum Gasteiger partial charge on any atom is 0.446 e. The van der Waals surface area contributed by atoms with E-state index in [1.54, 1.807) is 6.92 Å². The average molecular weight is 480 g/mol. The fraction of sp³-hybridized carbons (Fsp3) is 0.381. The van der Waals surface area contributed by atoms with Gasteiger partial charge < -0.3 is 32.7 Å². The van der Waals surface area contributed by atoms with Crippen molar-refractivity contribution >= 4 is 32.3 Å². The lowest BCUT2D eigenvalue weighted by atomic mass is 9.91. The molecule has 1 aromatic heterocycles. The van der Waals surface area contributed by atoms with Gasteiger partial charge in [-0.15, -0.1) is 0 Å². The maximum absolute atomic E-state index is 13.6. The molecule has 2 N–H and O–H groups in total. The van der Waals surface area contributed by atoms with Crippen molar-refractivity contribution in [3.8, 4) is 28.7 Å². The minimum Gasteiger partial charge on any atom is -0.506 e. The Hall–Kier alpha value is -3.22. The largest absolute Gasteiger partial charge is 0.506 e. The van der Waals surface area contributed by atoms with Crippen LogP contribution in [-0.4, -0.2) is 38.1 Å². The Bertz CT molecular complexity index is 1470. The van der Waals surface area contributed by atoms with Crippen molar-refractivity contribution in [3.63, 3.8) is 0 Å². The zero-order chi connectivity index (χ0) is 23.7. The molecule has 1 fully saturated rings. The van der Waals surface area contributed by atoms with Crippen LogP contribution in [0.3, 0.4) is 0 Å². The van der Waals surface area contributed by atoms with Crippen LogP contribution < -0.4 is 23.8 Å². The van der Waals surface area contributed by atoms with Crippen molar-refractivity contribution in [1.29, 1.82) is 0 Å². The number of hydrogen-bond acceptors (Lipinski definition) is 10. The first kappa shape index (κ1) is 21.6. The second-order valence-corrected chi connectivity index (χ2v) is 9.00. The standard InChI is InChI=1S/C21H20O11S/c1-21-8-4-5-10(30-21)13-16(23)14-15(22)12-9(29-18(14)20(28-3)19(13)31-21)6-7-11(17(12)27-2)32-33(24,25)26/h6-7,10,23H,4-5,8H2,1-3H3,(H,24,25,26)/t10-,21-/m1/s1. The van der Waals surface area contributed by atoms with Crippen LogP contribution in [0.2, 0.25) is 0 Å². The Morgan fingerprint density at radius 3 is 2.55 bits per heavy atom. The summed E-state index contributed by atoms with van der Waals surface area (Å²) in [5.41, 5.74) is -0.511. The first-order chi connectivity index (χ1) is 15.6. The lowest BCUT2D eigenvalue weighted by molar-refractivity contribution is -0.243. The molecule has 2 aromatic carbocycles. The zero-order valence-electron chi connectivity index (χ0n) is 17.8. The van der Waals surface area contributed by atoms with Gasteiger partial charge in [0.1, 0.15) is 22.1 Å². The van der Waals surface area contributed by atoms with Crippen molar-refractivity contribution in [1.82, 2.24) is 0 Å². The molecule has 0 amide bonds. The van der Waals surface area contributed by atoms with Crippen molar-refractivity contribution in [2.75, 3.05) is 14.2 Å². The van der Waals surface area contributed by atoms with Crippen molar-refractivity contribution in [3.05, 3.63) is 27.9 Å². The molecule has 3 aromatic rings. The Kier molecular flexibility index (Phi) is 4.68. The molecule has 33 heavy (non-hydrogen) atoms. The van der Waals surface area contributed by atoms with E-state index in [1.165, 1.54) is 20.3 Å². The molecule has 0 radical (unpaired) electrons. The summed E-state index contributed by atoms with van der Waals surface area (Å²) in [5, 5.41) is 10.8. The third-order valence-electron chi connectivity index (χ3n) is 5.86. The first-order valence-corrected chi connectivity index (χ1v) is 11.4. The topological polar surface area (TPSA) is 151 Å². The first-order valence-electron chi connectivity index (χ1n) is 10.0. The number of fused-ring (bicyclic) bond motifs is 6. The van der Waals surface area contributed by atoms with E-state index in [2.05, 4.69) is 4.18 Å². The van der Waals surface area contributed by atoms with Gasteiger partial charge in [-0.2, -0.15) is 8.42 Å². The molecule has 0 unspecified atom stereocenters. The van der Waals surface area contributed by atoms with Crippen LogP contribution in [0.5, 0.6) is 28.7 Å². The molecule has 5 rings (SSSR count). The van der Waals surface area contributed by atoms with Gasteiger partial charge in [-0.1, -0.05) is 0 Å². The van der Waals surface area contributed by atoms with E-state index in [4.69, 9.17) is 27.9 Å². The molecule has 0 aliphatic carbocycles. The van der Waals surface area contributed by atoms with Crippen LogP contribution in [0, 0.1) is 0 Å². The van der Waals surface area contributed by atoms with E-state index >= 15 is 0 Å². The number of ether oxygens (including phenoxy) is 4. The van der Waals surface area contributed by atoms with Crippen LogP contribution in [0.25, 0.3) is 21.9 Å². The molecule has 12 heteroatoms. The predicted octanol–water partition coefficient (Wildman–Crippen LogP) is 3.20. The zero-order valence-corrected chi connectivity index (χ0v) is 18.6. The van der Waals surface area contributed by atoms with Crippen molar-refractivity contribution in [2.45, 2.75) is 38.1 Å². The van der Waals surface area contributed by atoms with Crippen LogP contribution >= 0.6 is 0 Å². The van der Waals surface area contributed by atoms with Crippen molar-refractivity contribution < 1.29 is 45.6 Å². The van der Waals surface area contributed by atoms with Gasteiger partial charge in [0.25, 0.3) is 0 Å². The SMILES string of the molecule is COc1c2c(c(O)c3c(=O)c4c(OC)c(OS(=O)(=O)O)ccc4oc13)[C@H]1CCC[C@@](C)(O2)O1. The Labute approximate surface area is 187 Å². The quantitative estimate of drug-likeness (QED) is 0.418. The Balaban J connectivity index is 1.90. The monoisotopic (exact) mass is 480 g/mol. The molecule has 2 aliphatic heterocycles. The summed E-state index contributed by atoms with van der Waals surface area (Å²) < 4.78 is 64.8. The van der Waals surface area contributed by atoms with E-state index in [9.17, 15) is 18.3 Å². The van der Waals surface area contributed by atoms with Gasteiger partial charge >= 0.3 is 10.4 Å². The third-order valence-corrected chi connectivity index (χ3v) is 6.25. The number of phenolic OH excluding ortho intramolecular Hbond substituents is 1. The highest BCUT2D eigenvalue weighted by atomic mass is 32.3. The number of hydrogen-bond donors (Lipinski definition) is 2.